The minimum atomic E-state index is -1.05. The van der Waals surface area contributed by atoms with E-state index >= 15 is 0 Å². The second kappa shape index (κ2) is 7.74. The number of aromatic nitrogens is 3. The number of para-hydroxylation sites is 1. The van der Waals surface area contributed by atoms with Crippen LogP contribution >= 0.6 is 11.8 Å². The van der Waals surface area contributed by atoms with E-state index in [0.29, 0.717) is 12.3 Å². The van der Waals surface area contributed by atoms with Crippen LogP contribution < -0.4 is 0 Å². The molecule has 0 aliphatic carbocycles. The third-order valence-electron chi connectivity index (χ3n) is 4.24. The fourth-order valence-electron chi connectivity index (χ4n) is 2.93. The van der Waals surface area contributed by atoms with Crippen molar-refractivity contribution < 1.29 is 14.3 Å². The average molecular weight is 391 g/mol. The van der Waals surface area contributed by atoms with Gasteiger partial charge in [0.25, 0.3) is 5.22 Å². The fourth-order valence-corrected chi connectivity index (χ4v) is 3.60. The number of nitrogens with one attached hydrogen (secondary N) is 1. The van der Waals surface area contributed by atoms with Crippen molar-refractivity contribution in [3.05, 3.63) is 71.0 Å². The Labute approximate surface area is 165 Å². The lowest BCUT2D eigenvalue weighted by Gasteiger charge is -2.03. The molecule has 2 aromatic heterocycles. The maximum atomic E-state index is 11.9. The molecule has 0 amide bonds. The molecule has 4 aromatic rings. The lowest BCUT2D eigenvalue weighted by Crippen LogP contribution is -1.97. The number of hydrogen-bond acceptors (Lipinski definition) is 5. The Kier molecular flexibility index (Phi) is 4.99. The Bertz CT molecular complexity index is 1160. The van der Waals surface area contributed by atoms with E-state index in [0.717, 1.165) is 39.5 Å². The van der Waals surface area contributed by atoms with E-state index in [2.05, 4.69) is 15.2 Å². The number of carboxylic acids is 1. The molecule has 0 spiro atoms. The molecule has 2 aromatic carbocycles. The number of aromatic amines is 1. The molecule has 0 aliphatic rings. The molecule has 0 radical (unpaired) electrons. The van der Waals surface area contributed by atoms with Crippen LogP contribution in [0, 0.1) is 0 Å². The zero-order chi connectivity index (χ0) is 19.5. The highest BCUT2D eigenvalue weighted by Gasteiger charge is 2.18. The Morgan fingerprint density at radius 1 is 1.14 bits per heavy atom. The van der Waals surface area contributed by atoms with E-state index < -0.39 is 5.97 Å². The summed E-state index contributed by atoms with van der Waals surface area (Å²) in [5.74, 6) is -0.574. The summed E-state index contributed by atoms with van der Waals surface area (Å²) in [6.45, 7) is 1.90. The van der Waals surface area contributed by atoms with Crippen LogP contribution in [-0.4, -0.2) is 26.3 Å². The number of carboxylic acid groups (broad SMARTS) is 1. The van der Waals surface area contributed by atoms with Crippen LogP contribution in [0.2, 0.25) is 0 Å². The Balaban J connectivity index is 1.84. The summed E-state index contributed by atoms with van der Waals surface area (Å²) < 4.78 is 5.46. The fraction of sp³-hybridized carbons (Fsp3) is 0.0952. The van der Waals surface area contributed by atoms with Gasteiger partial charge in [-0.25, -0.2) is 4.79 Å². The van der Waals surface area contributed by atoms with E-state index in [-0.39, 0.29) is 10.1 Å². The Hall–Kier alpha value is -3.32. The number of nitrogens with zero attached hydrogens (tertiary/aromatic N) is 2. The van der Waals surface area contributed by atoms with Crippen LogP contribution in [0.5, 0.6) is 0 Å². The highest BCUT2D eigenvalue weighted by Crippen LogP contribution is 2.35. The molecule has 7 heteroatoms. The predicted molar refractivity (Wildman–Crippen MR) is 109 cm³/mol. The molecular weight excluding hydrogens is 374 g/mol. The first-order valence-electron chi connectivity index (χ1n) is 8.77. The largest absolute Gasteiger partial charge is 0.477 e. The lowest BCUT2D eigenvalue weighted by molar-refractivity contribution is -0.131. The summed E-state index contributed by atoms with van der Waals surface area (Å²) in [4.78, 5) is 15.4. The lowest BCUT2D eigenvalue weighted by atomic mass is 10.0. The van der Waals surface area contributed by atoms with Gasteiger partial charge in [0, 0.05) is 22.9 Å². The van der Waals surface area contributed by atoms with Gasteiger partial charge in [-0.15, -0.1) is 10.2 Å². The van der Waals surface area contributed by atoms with E-state index in [1.165, 1.54) is 0 Å². The number of H-pyrrole nitrogens is 1. The molecular formula is C21H17N3O3S. The number of rotatable bonds is 6. The van der Waals surface area contributed by atoms with Crippen molar-refractivity contribution >= 4 is 34.7 Å². The Morgan fingerprint density at radius 3 is 2.61 bits per heavy atom. The van der Waals surface area contributed by atoms with Crippen molar-refractivity contribution in [3.63, 3.8) is 0 Å². The van der Waals surface area contributed by atoms with Gasteiger partial charge < -0.3 is 14.5 Å². The van der Waals surface area contributed by atoms with Crippen molar-refractivity contribution in [1.82, 2.24) is 15.2 Å². The molecule has 0 fully saturated rings. The molecule has 0 saturated heterocycles. The summed E-state index contributed by atoms with van der Waals surface area (Å²) in [5.41, 5.74) is 3.59. The number of aliphatic carboxylic acids is 1. The molecule has 0 aliphatic heterocycles. The van der Waals surface area contributed by atoms with Crippen molar-refractivity contribution in [2.75, 3.05) is 0 Å². The predicted octanol–water partition coefficient (Wildman–Crippen LogP) is 5.00. The van der Waals surface area contributed by atoms with Crippen LogP contribution in [0.1, 0.15) is 18.4 Å². The van der Waals surface area contributed by atoms with Crippen molar-refractivity contribution in [2.45, 2.75) is 18.6 Å². The summed E-state index contributed by atoms with van der Waals surface area (Å²) in [6, 6.07) is 17.6. The monoisotopic (exact) mass is 391 g/mol. The molecule has 2 N–H and O–H groups in total. The maximum absolute atomic E-state index is 11.9. The van der Waals surface area contributed by atoms with Crippen molar-refractivity contribution in [3.8, 4) is 11.3 Å². The van der Waals surface area contributed by atoms with Gasteiger partial charge in [-0.3, -0.25) is 0 Å². The van der Waals surface area contributed by atoms with Gasteiger partial charge in [0.1, 0.15) is 4.91 Å². The quantitative estimate of drug-likeness (QED) is 0.355. The molecule has 2 heterocycles. The van der Waals surface area contributed by atoms with Gasteiger partial charge in [-0.05, 0) is 29.5 Å². The molecule has 4 rings (SSSR count). The number of carbonyl (C=O) groups is 1. The SMILES string of the molecule is CCc1nnc(S/C(=C\c2c(-c3ccccc3)[nH]c3ccccc23)C(=O)O)o1. The van der Waals surface area contributed by atoms with E-state index in [1.54, 1.807) is 6.08 Å². The number of benzene rings is 2. The molecule has 140 valence electrons. The van der Waals surface area contributed by atoms with Gasteiger partial charge in [0.05, 0.1) is 5.69 Å². The minimum Gasteiger partial charge on any atom is -0.477 e. The van der Waals surface area contributed by atoms with Crippen LogP contribution in [0.4, 0.5) is 0 Å². The number of aryl methyl sites for hydroxylation is 1. The first-order valence-corrected chi connectivity index (χ1v) is 9.58. The molecule has 0 atom stereocenters. The maximum Gasteiger partial charge on any atom is 0.342 e. The van der Waals surface area contributed by atoms with E-state index in [9.17, 15) is 9.90 Å². The summed E-state index contributed by atoms with van der Waals surface area (Å²) in [6.07, 6.45) is 2.25. The van der Waals surface area contributed by atoms with Crippen molar-refractivity contribution in [1.29, 1.82) is 0 Å². The number of hydrogen-bond donors (Lipinski definition) is 2. The van der Waals surface area contributed by atoms with Gasteiger partial charge in [-0.2, -0.15) is 0 Å². The van der Waals surface area contributed by atoms with Gasteiger partial charge in [0.15, 0.2) is 0 Å². The van der Waals surface area contributed by atoms with E-state index in [4.69, 9.17) is 4.42 Å². The second-order valence-electron chi connectivity index (χ2n) is 6.06. The normalized spacial score (nSPS) is 11.8. The smallest absolute Gasteiger partial charge is 0.342 e. The molecule has 6 nitrogen and oxygen atoms in total. The summed E-state index contributed by atoms with van der Waals surface area (Å²) in [5, 5.41) is 18.7. The second-order valence-corrected chi connectivity index (χ2v) is 7.05. The summed E-state index contributed by atoms with van der Waals surface area (Å²) >= 11 is 0.951. The van der Waals surface area contributed by atoms with Crippen LogP contribution in [0.3, 0.4) is 0 Å². The van der Waals surface area contributed by atoms with Crippen LogP contribution in [-0.2, 0) is 11.2 Å². The molecule has 0 unspecified atom stereocenters. The third kappa shape index (κ3) is 3.57. The van der Waals surface area contributed by atoms with Gasteiger partial charge in [0.2, 0.25) is 5.89 Å². The summed E-state index contributed by atoms with van der Waals surface area (Å²) in [7, 11) is 0. The molecule has 28 heavy (non-hydrogen) atoms. The van der Waals surface area contributed by atoms with Crippen LogP contribution in [0.15, 0.2) is 69.1 Å². The van der Waals surface area contributed by atoms with Crippen molar-refractivity contribution in [2.24, 2.45) is 0 Å². The first kappa shape index (κ1) is 18.1. The molecule has 0 bridgehead atoms. The van der Waals surface area contributed by atoms with Crippen LogP contribution in [0.25, 0.3) is 28.2 Å². The van der Waals surface area contributed by atoms with E-state index in [1.807, 2.05) is 61.5 Å². The van der Waals surface area contributed by atoms with Gasteiger partial charge in [-0.1, -0.05) is 55.5 Å². The first-order chi connectivity index (χ1) is 13.7. The number of fused-ring (bicyclic) bond motifs is 1. The highest BCUT2D eigenvalue weighted by atomic mass is 32.2. The molecule has 0 saturated carbocycles. The van der Waals surface area contributed by atoms with Gasteiger partial charge >= 0.3 is 5.97 Å². The third-order valence-corrected chi connectivity index (χ3v) is 5.09. The average Bonchev–Trinajstić information content (AvgIpc) is 3.33. The number of thioether (sulfide) groups is 1. The minimum absolute atomic E-state index is 0.105. The standard InChI is InChI=1S/C21H17N3O3S/c1-2-18-23-24-21(27-18)28-17(20(25)26)12-15-14-10-6-7-11-16(14)22-19(15)13-8-4-3-5-9-13/h3-12,22H,2H2,1H3,(H,25,26)/b17-12-. The highest BCUT2D eigenvalue weighted by molar-refractivity contribution is 8.03. The zero-order valence-corrected chi connectivity index (χ0v) is 15.9. The zero-order valence-electron chi connectivity index (χ0n) is 15.0. The topological polar surface area (TPSA) is 92.0 Å². The Morgan fingerprint density at radius 2 is 1.89 bits per heavy atom.